The molecule has 0 unspecified atom stereocenters. The maximum atomic E-state index is 12.4. The predicted octanol–water partition coefficient (Wildman–Crippen LogP) is 1.84. The number of hydrogen-bond donors (Lipinski definition) is 1. The molecule has 5 nitrogen and oxygen atoms in total. The minimum Gasteiger partial charge on any atom is -0.383 e. The van der Waals surface area contributed by atoms with Gasteiger partial charge in [0, 0.05) is 31.1 Å². The fourth-order valence-corrected chi connectivity index (χ4v) is 1.89. The van der Waals surface area contributed by atoms with E-state index >= 15 is 0 Å². The van der Waals surface area contributed by atoms with Crippen molar-refractivity contribution in [3.63, 3.8) is 0 Å². The Morgan fingerprint density at radius 1 is 1.58 bits per heavy atom. The fourth-order valence-electron chi connectivity index (χ4n) is 1.89. The Kier molecular flexibility index (Phi) is 4.30. The van der Waals surface area contributed by atoms with Crippen LogP contribution in [0.15, 0.2) is 37.1 Å². The largest absolute Gasteiger partial charge is 0.383 e. The second-order valence-electron chi connectivity index (χ2n) is 4.20. The monoisotopic (exact) mass is 259 g/mol. The summed E-state index contributed by atoms with van der Waals surface area (Å²) in [5.41, 5.74) is 1.49. The number of fused-ring (bicyclic) bond motifs is 1. The minimum absolute atomic E-state index is 0.0338. The van der Waals surface area contributed by atoms with Crippen LogP contribution in [0.4, 0.5) is 0 Å². The van der Waals surface area contributed by atoms with Gasteiger partial charge in [-0.25, -0.2) is 0 Å². The summed E-state index contributed by atoms with van der Waals surface area (Å²) < 4.78 is 5.02. The zero-order valence-corrected chi connectivity index (χ0v) is 10.9. The number of carbonyl (C=O) groups excluding carboxylic acids is 1. The Labute approximate surface area is 111 Å². The van der Waals surface area contributed by atoms with Crippen molar-refractivity contribution in [2.45, 2.75) is 0 Å². The first-order chi connectivity index (χ1) is 9.26. The first kappa shape index (κ1) is 13.3. The van der Waals surface area contributed by atoms with Gasteiger partial charge in [-0.2, -0.15) is 5.10 Å². The molecule has 5 heteroatoms. The van der Waals surface area contributed by atoms with E-state index in [1.54, 1.807) is 24.3 Å². The second-order valence-corrected chi connectivity index (χ2v) is 4.20. The van der Waals surface area contributed by atoms with Crippen molar-refractivity contribution in [3.05, 3.63) is 42.6 Å². The van der Waals surface area contributed by atoms with Crippen molar-refractivity contribution in [2.75, 3.05) is 26.8 Å². The maximum absolute atomic E-state index is 12.4. The number of ether oxygens (including phenoxy) is 1. The quantitative estimate of drug-likeness (QED) is 0.805. The molecule has 2 rings (SSSR count). The molecule has 0 aliphatic carbocycles. The molecule has 100 valence electrons. The summed E-state index contributed by atoms with van der Waals surface area (Å²) in [5, 5.41) is 7.80. The average Bonchev–Trinajstić information content (AvgIpc) is 2.90. The summed E-state index contributed by atoms with van der Waals surface area (Å²) in [6, 6.07) is 5.51. The normalized spacial score (nSPS) is 10.6. The number of hydrogen-bond acceptors (Lipinski definition) is 3. The van der Waals surface area contributed by atoms with Crippen LogP contribution in [0.2, 0.25) is 0 Å². The van der Waals surface area contributed by atoms with E-state index in [2.05, 4.69) is 16.8 Å². The van der Waals surface area contributed by atoms with Crippen molar-refractivity contribution in [1.82, 2.24) is 15.1 Å². The first-order valence-corrected chi connectivity index (χ1v) is 6.08. The van der Waals surface area contributed by atoms with Crippen LogP contribution in [0.1, 0.15) is 10.4 Å². The van der Waals surface area contributed by atoms with E-state index in [0.29, 0.717) is 25.3 Å². The molecule has 1 amide bonds. The molecule has 19 heavy (non-hydrogen) atoms. The Hall–Kier alpha value is -2.14. The minimum atomic E-state index is -0.0338. The Morgan fingerprint density at radius 3 is 3.16 bits per heavy atom. The lowest BCUT2D eigenvalue weighted by Gasteiger charge is -2.20. The Morgan fingerprint density at radius 2 is 2.42 bits per heavy atom. The number of nitrogens with one attached hydrogen (secondary N) is 1. The number of H-pyrrole nitrogens is 1. The van der Waals surface area contributed by atoms with Crippen molar-refractivity contribution < 1.29 is 9.53 Å². The van der Waals surface area contributed by atoms with Crippen molar-refractivity contribution in [1.29, 1.82) is 0 Å². The zero-order chi connectivity index (χ0) is 13.7. The zero-order valence-electron chi connectivity index (χ0n) is 10.9. The number of carbonyl (C=O) groups is 1. The van der Waals surface area contributed by atoms with Gasteiger partial charge in [0.25, 0.3) is 5.91 Å². The van der Waals surface area contributed by atoms with E-state index in [0.717, 1.165) is 10.9 Å². The van der Waals surface area contributed by atoms with Gasteiger partial charge in [-0.3, -0.25) is 9.89 Å². The van der Waals surface area contributed by atoms with E-state index < -0.39 is 0 Å². The third-order valence-electron chi connectivity index (χ3n) is 2.89. The van der Waals surface area contributed by atoms with Crippen LogP contribution in [-0.4, -0.2) is 47.8 Å². The number of benzene rings is 1. The molecule has 0 saturated carbocycles. The molecule has 0 atom stereocenters. The molecule has 1 heterocycles. The molecule has 2 aromatic rings. The van der Waals surface area contributed by atoms with Gasteiger partial charge in [-0.15, -0.1) is 6.58 Å². The van der Waals surface area contributed by atoms with Crippen LogP contribution < -0.4 is 0 Å². The van der Waals surface area contributed by atoms with E-state index in [-0.39, 0.29) is 5.91 Å². The van der Waals surface area contributed by atoms with Gasteiger partial charge < -0.3 is 9.64 Å². The van der Waals surface area contributed by atoms with Gasteiger partial charge in [0.2, 0.25) is 0 Å². The van der Waals surface area contributed by atoms with Crippen molar-refractivity contribution >= 4 is 16.8 Å². The molecule has 0 aliphatic heterocycles. The van der Waals surface area contributed by atoms with Crippen LogP contribution in [0.25, 0.3) is 10.9 Å². The van der Waals surface area contributed by atoms with Crippen LogP contribution in [-0.2, 0) is 4.74 Å². The van der Waals surface area contributed by atoms with Crippen molar-refractivity contribution in [2.24, 2.45) is 0 Å². The summed E-state index contributed by atoms with van der Waals surface area (Å²) >= 11 is 0. The smallest absolute Gasteiger partial charge is 0.254 e. The van der Waals surface area contributed by atoms with Crippen LogP contribution in [0.3, 0.4) is 0 Å². The van der Waals surface area contributed by atoms with Crippen LogP contribution in [0.5, 0.6) is 0 Å². The van der Waals surface area contributed by atoms with E-state index in [9.17, 15) is 4.79 Å². The van der Waals surface area contributed by atoms with Gasteiger partial charge in [0.15, 0.2) is 0 Å². The lowest BCUT2D eigenvalue weighted by Crippen LogP contribution is -2.34. The number of aromatic amines is 1. The van der Waals surface area contributed by atoms with E-state index in [1.165, 1.54) is 0 Å². The number of rotatable bonds is 6. The number of methoxy groups -OCH3 is 1. The third kappa shape index (κ3) is 3.00. The fraction of sp³-hybridized carbons (Fsp3) is 0.286. The third-order valence-corrected chi connectivity index (χ3v) is 2.89. The number of amides is 1. The summed E-state index contributed by atoms with van der Waals surface area (Å²) in [6.45, 7) is 5.23. The summed E-state index contributed by atoms with van der Waals surface area (Å²) in [6.07, 6.45) is 3.44. The Bertz CT molecular complexity index is 577. The molecule has 0 saturated heterocycles. The lowest BCUT2D eigenvalue weighted by atomic mass is 10.1. The van der Waals surface area contributed by atoms with Gasteiger partial charge in [-0.1, -0.05) is 12.1 Å². The summed E-state index contributed by atoms with van der Waals surface area (Å²) in [5.74, 6) is -0.0338. The van der Waals surface area contributed by atoms with Gasteiger partial charge in [-0.05, 0) is 12.1 Å². The van der Waals surface area contributed by atoms with E-state index in [4.69, 9.17) is 4.74 Å². The highest BCUT2D eigenvalue weighted by atomic mass is 16.5. The number of nitrogens with zero attached hydrogens (tertiary/aromatic N) is 2. The summed E-state index contributed by atoms with van der Waals surface area (Å²) in [4.78, 5) is 14.1. The summed E-state index contributed by atoms with van der Waals surface area (Å²) in [7, 11) is 1.62. The van der Waals surface area contributed by atoms with Gasteiger partial charge >= 0.3 is 0 Å². The first-order valence-electron chi connectivity index (χ1n) is 6.08. The Balaban J connectivity index is 2.21. The van der Waals surface area contributed by atoms with Crippen LogP contribution in [0, 0.1) is 0 Å². The molecule has 0 aliphatic rings. The second kappa shape index (κ2) is 6.15. The molecule has 1 N–H and O–H groups in total. The lowest BCUT2D eigenvalue weighted by molar-refractivity contribution is 0.0718. The molecule has 0 bridgehead atoms. The molecule has 1 aromatic heterocycles. The highest BCUT2D eigenvalue weighted by Crippen LogP contribution is 2.14. The molecule has 0 fully saturated rings. The van der Waals surface area contributed by atoms with Gasteiger partial charge in [0.05, 0.1) is 18.3 Å². The molecule has 0 spiro atoms. The standard InChI is InChI=1S/C14H17N3O2/c1-3-6-17(7-8-19-2)14(18)11-4-5-12-10-15-16-13(12)9-11/h3-5,9-10H,1,6-8H2,2H3,(H,15,16). The van der Waals surface area contributed by atoms with Gasteiger partial charge in [0.1, 0.15) is 0 Å². The molecule has 0 radical (unpaired) electrons. The molecular formula is C14H17N3O2. The number of aromatic nitrogens is 2. The SMILES string of the molecule is C=CCN(CCOC)C(=O)c1ccc2cn[nH]c2c1. The topological polar surface area (TPSA) is 58.2 Å². The average molecular weight is 259 g/mol. The highest BCUT2D eigenvalue weighted by Gasteiger charge is 2.14. The van der Waals surface area contributed by atoms with Crippen molar-refractivity contribution in [3.8, 4) is 0 Å². The maximum Gasteiger partial charge on any atom is 0.254 e. The highest BCUT2D eigenvalue weighted by molar-refractivity contribution is 5.97. The van der Waals surface area contributed by atoms with E-state index in [1.807, 2.05) is 18.2 Å². The molecular weight excluding hydrogens is 242 g/mol. The molecule has 1 aromatic carbocycles. The predicted molar refractivity (Wildman–Crippen MR) is 74.1 cm³/mol. The van der Waals surface area contributed by atoms with Crippen LogP contribution >= 0.6 is 0 Å².